The average Bonchev–Trinajstić information content (AvgIpc) is 3.17. The molecule has 1 aliphatic rings. The van der Waals surface area contributed by atoms with Crippen LogP contribution in [0.4, 0.5) is 0 Å². The van der Waals surface area contributed by atoms with Crippen LogP contribution in [0, 0.1) is 0 Å². The van der Waals surface area contributed by atoms with Gasteiger partial charge in [0, 0.05) is 25.5 Å². The van der Waals surface area contributed by atoms with E-state index in [1.807, 2.05) is 10.8 Å². The second-order valence-corrected chi connectivity index (χ2v) is 5.30. The summed E-state index contributed by atoms with van der Waals surface area (Å²) in [5.74, 6) is 1.19. The number of piperidine rings is 1. The quantitative estimate of drug-likeness (QED) is 0.907. The van der Waals surface area contributed by atoms with Crippen LogP contribution in [-0.2, 0) is 6.54 Å². The van der Waals surface area contributed by atoms with Crippen molar-refractivity contribution in [1.82, 2.24) is 14.5 Å². The van der Waals surface area contributed by atoms with Gasteiger partial charge in [0.2, 0.25) is 0 Å². The highest BCUT2D eigenvalue weighted by Crippen LogP contribution is 2.20. The Hall–Kier alpha value is -1.59. The molecule has 1 saturated heterocycles. The monoisotopic (exact) mass is 275 g/mol. The molecule has 108 valence electrons. The van der Waals surface area contributed by atoms with Crippen molar-refractivity contribution in [3.8, 4) is 0 Å². The molecule has 1 N–H and O–H groups in total. The van der Waals surface area contributed by atoms with Crippen LogP contribution in [0.2, 0.25) is 0 Å². The summed E-state index contributed by atoms with van der Waals surface area (Å²) in [6.07, 6.45) is 8.38. The lowest BCUT2D eigenvalue weighted by atomic mass is 10.1. The van der Waals surface area contributed by atoms with E-state index < -0.39 is 6.10 Å². The zero-order valence-corrected chi connectivity index (χ0v) is 11.6. The number of aliphatic hydroxyl groups is 1. The van der Waals surface area contributed by atoms with Gasteiger partial charge in [-0.15, -0.1) is 0 Å². The van der Waals surface area contributed by atoms with Crippen molar-refractivity contribution in [1.29, 1.82) is 0 Å². The van der Waals surface area contributed by atoms with E-state index in [1.165, 1.54) is 32.4 Å². The fourth-order valence-electron chi connectivity index (χ4n) is 2.76. The molecule has 3 heterocycles. The summed E-state index contributed by atoms with van der Waals surface area (Å²) in [6.45, 7) is 4.23. The minimum absolute atomic E-state index is 0.537. The third-order valence-electron chi connectivity index (χ3n) is 3.91. The molecule has 20 heavy (non-hydrogen) atoms. The van der Waals surface area contributed by atoms with E-state index in [1.54, 1.807) is 24.6 Å². The van der Waals surface area contributed by atoms with Crippen molar-refractivity contribution in [2.75, 3.05) is 19.6 Å². The van der Waals surface area contributed by atoms with Gasteiger partial charge in [0.15, 0.2) is 6.10 Å². The first kappa shape index (κ1) is 13.4. The third kappa shape index (κ3) is 2.94. The first-order valence-electron chi connectivity index (χ1n) is 7.29. The molecular weight excluding hydrogens is 254 g/mol. The zero-order valence-electron chi connectivity index (χ0n) is 11.6. The van der Waals surface area contributed by atoms with E-state index in [0.29, 0.717) is 11.6 Å². The molecule has 1 aliphatic heterocycles. The first-order chi connectivity index (χ1) is 9.84. The van der Waals surface area contributed by atoms with Crippen LogP contribution in [0.25, 0.3) is 0 Å². The van der Waals surface area contributed by atoms with E-state index in [4.69, 9.17) is 4.42 Å². The summed E-state index contributed by atoms with van der Waals surface area (Å²) >= 11 is 0. The molecule has 0 unspecified atom stereocenters. The summed E-state index contributed by atoms with van der Waals surface area (Å²) in [4.78, 5) is 6.75. The fourth-order valence-corrected chi connectivity index (χ4v) is 2.76. The topological polar surface area (TPSA) is 54.4 Å². The molecule has 0 bridgehead atoms. The maximum absolute atomic E-state index is 10.3. The van der Waals surface area contributed by atoms with E-state index in [0.717, 1.165) is 13.1 Å². The lowest BCUT2D eigenvalue weighted by molar-refractivity contribution is 0.171. The predicted octanol–water partition coefficient (Wildman–Crippen LogP) is 2.04. The number of likely N-dealkylation sites (tertiary alicyclic amines) is 1. The largest absolute Gasteiger partial charge is 0.466 e. The minimum atomic E-state index is -0.790. The van der Waals surface area contributed by atoms with Gasteiger partial charge in [-0.1, -0.05) is 6.42 Å². The van der Waals surface area contributed by atoms with Crippen LogP contribution in [-0.4, -0.2) is 39.2 Å². The van der Waals surface area contributed by atoms with E-state index >= 15 is 0 Å². The maximum Gasteiger partial charge on any atom is 0.169 e. The highest BCUT2D eigenvalue weighted by Gasteiger charge is 2.19. The number of aromatic nitrogens is 2. The number of hydrogen-bond donors (Lipinski definition) is 1. The molecule has 1 fully saturated rings. The summed E-state index contributed by atoms with van der Waals surface area (Å²) in [5, 5.41) is 10.3. The predicted molar refractivity (Wildman–Crippen MR) is 75.3 cm³/mol. The molecule has 0 radical (unpaired) electrons. The SMILES string of the molecule is O[C@H](c1ccco1)c1nccn1CCN1CCCCC1. The van der Waals surface area contributed by atoms with Crippen molar-refractivity contribution in [3.63, 3.8) is 0 Å². The molecule has 0 aromatic carbocycles. The number of rotatable bonds is 5. The van der Waals surface area contributed by atoms with Crippen molar-refractivity contribution in [2.24, 2.45) is 0 Å². The summed E-state index contributed by atoms with van der Waals surface area (Å²) < 4.78 is 7.27. The molecule has 5 nitrogen and oxygen atoms in total. The Morgan fingerprint density at radius 2 is 2.10 bits per heavy atom. The van der Waals surface area contributed by atoms with Crippen LogP contribution in [0.15, 0.2) is 35.2 Å². The number of hydrogen-bond acceptors (Lipinski definition) is 4. The Morgan fingerprint density at radius 3 is 2.85 bits per heavy atom. The molecule has 3 rings (SSSR count). The van der Waals surface area contributed by atoms with Gasteiger partial charge in [0.1, 0.15) is 11.6 Å². The van der Waals surface area contributed by atoms with Gasteiger partial charge in [0.05, 0.1) is 6.26 Å². The summed E-state index contributed by atoms with van der Waals surface area (Å²) in [7, 11) is 0. The molecular formula is C15H21N3O2. The standard InChI is InChI=1S/C15H21N3O2/c19-14(13-5-4-12-20-13)15-16-6-9-18(15)11-10-17-7-2-1-3-8-17/h4-6,9,12,14,19H,1-3,7-8,10-11H2/t14-/m1/s1. The highest BCUT2D eigenvalue weighted by atomic mass is 16.4. The lowest BCUT2D eigenvalue weighted by Crippen LogP contribution is -2.32. The smallest absolute Gasteiger partial charge is 0.169 e. The van der Waals surface area contributed by atoms with Crippen molar-refractivity contribution in [2.45, 2.75) is 31.9 Å². The number of imidazole rings is 1. The van der Waals surface area contributed by atoms with E-state index in [9.17, 15) is 5.11 Å². The Bertz CT molecular complexity index is 515. The molecule has 5 heteroatoms. The van der Waals surface area contributed by atoms with Gasteiger partial charge in [-0.05, 0) is 38.1 Å². The Kier molecular flexibility index (Phi) is 4.18. The molecule has 2 aromatic rings. The lowest BCUT2D eigenvalue weighted by Gasteiger charge is -2.26. The second-order valence-electron chi connectivity index (χ2n) is 5.30. The van der Waals surface area contributed by atoms with Crippen LogP contribution < -0.4 is 0 Å². The van der Waals surface area contributed by atoms with Crippen LogP contribution in [0.3, 0.4) is 0 Å². The Labute approximate surface area is 118 Å². The molecule has 0 aliphatic carbocycles. The van der Waals surface area contributed by atoms with Gasteiger partial charge < -0.3 is 19.0 Å². The van der Waals surface area contributed by atoms with E-state index in [2.05, 4.69) is 9.88 Å². The van der Waals surface area contributed by atoms with Crippen molar-refractivity contribution in [3.05, 3.63) is 42.4 Å². The minimum Gasteiger partial charge on any atom is -0.466 e. The third-order valence-corrected chi connectivity index (χ3v) is 3.91. The molecule has 2 aromatic heterocycles. The van der Waals surface area contributed by atoms with Crippen LogP contribution in [0.5, 0.6) is 0 Å². The zero-order chi connectivity index (χ0) is 13.8. The molecule has 0 spiro atoms. The average molecular weight is 275 g/mol. The molecule has 0 amide bonds. The molecule has 1 atom stereocenters. The summed E-state index contributed by atoms with van der Waals surface area (Å²) in [5.41, 5.74) is 0. The Morgan fingerprint density at radius 1 is 1.25 bits per heavy atom. The van der Waals surface area contributed by atoms with Crippen LogP contribution >= 0.6 is 0 Å². The first-order valence-corrected chi connectivity index (χ1v) is 7.29. The maximum atomic E-state index is 10.3. The second kappa shape index (κ2) is 6.24. The van der Waals surface area contributed by atoms with Gasteiger partial charge >= 0.3 is 0 Å². The van der Waals surface area contributed by atoms with E-state index in [-0.39, 0.29) is 0 Å². The number of aliphatic hydroxyl groups excluding tert-OH is 1. The Balaban J connectivity index is 1.64. The van der Waals surface area contributed by atoms with Gasteiger partial charge in [-0.3, -0.25) is 0 Å². The summed E-state index contributed by atoms with van der Waals surface area (Å²) in [6, 6.07) is 3.55. The number of furan rings is 1. The van der Waals surface area contributed by atoms with Crippen molar-refractivity contribution < 1.29 is 9.52 Å². The molecule has 0 saturated carbocycles. The van der Waals surface area contributed by atoms with Crippen LogP contribution in [0.1, 0.15) is 37.0 Å². The van der Waals surface area contributed by atoms with Gasteiger partial charge in [-0.25, -0.2) is 4.98 Å². The number of nitrogens with zero attached hydrogens (tertiary/aromatic N) is 3. The van der Waals surface area contributed by atoms with Gasteiger partial charge in [-0.2, -0.15) is 0 Å². The fraction of sp³-hybridized carbons (Fsp3) is 0.533. The normalized spacial score (nSPS) is 18.2. The highest BCUT2D eigenvalue weighted by molar-refractivity contribution is 5.12. The van der Waals surface area contributed by atoms with Crippen molar-refractivity contribution >= 4 is 0 Å². The van der Waals surface area contributed by atoms with Gasteiger partial charge in [0.25, 0.3) is 0 Å².